The van der Waals surface area contributed by atoms with Crippen LogP contribution in [0.15, 0.2) is 60.7 Å². The van der Waals surface area contributed by atoms with Gasteiger partial charge in [0.05, 0.1) is 0 Å². The van der Waals surface area contributed by atoms with Crippen LogP contribution in [0.1, 0.15) is 36.8 Å². The van der Waals surface area contributed by atoms with Crippen LogP contribution >= 0.6 is 12.4 Å². The second-order valence-corrected chi connectivity index (χ2v) is 7.43. The summed E-state index contributed by atoms with van der Waals surface area (Å²) in [4.78, 5) is 15.6. The molecule has 0 radical (unpaired) electrons. The number of carbonyl (C=O) groups is 1. The second-order valence-electron chi connectivity index (χ2n) is 7.43. The zero-order valence-corrected chi connectivity index (χ0v) is 16.3. The second kappa shape index (κ2) is 8.01. The number of hydrogen-bond acceptors (Lipinski definition) is 4. The molecule has 1 N–H and O–H groups in total. The molecule has 2 aliphatic heterocycles. The van der Waals surface area contributed by atoms with Gasteiger partial charge in [0.15, 0.2) is 0 Å². The molecule has 2 aliphatic rings. The lowest BCUT2D eigenvalue weighted by molar-refractivity contribution is -0.173. The first-order valence-electron chi connectivity index (χ1n) is 9.37. The van der Waals surface area contributed by atoms with Gasteiger partial charge in [0.2, 0.25) is 5.60 Å². The number of fused-ring (bicyclic) bond motifs is 2. The lowest BCUT2D eigenvalue weighted by atomic mass is 9.86. The van der Waals surface area contributed by atoms with E-state index in [0.29, 0.717) is 17.2 Å². The van der Waals surface area contributed by atoms with Gasteiger partial charge in [0, 0.05) is 12.1 Å². The van der Waals surface area contributed by atoms with Gasteiger partial charge in [-0.15, -0.1) is 12.4 Å². The zero-order valence-electron chi connectivity index (χ0n) is 15.5. The predicted octanol–water partition coefficient (Wildman–Crippen LogP) is 3.51. The van der Waals surface area contributed by atoms with Gasteiger partial charge < -0.3 is 9.84 Å². The third-order valence-electron chi connectivity index (χ3n) is 6.05. The third-order valence-corrected chi connectivity index (χ3v) is 6.05. The molecule has 2 aromatic carbocycles. The van der Waals surface area contributed by atoms with E-state index < -0.39 is 11.6 Å². The Kier molecular flexibility index (Phi) is 5.89. The van der Waals surface area contributed by atoms with E-state index in [1.54, 1.807) is 24.3 Å². The maximum atomic E-state index is 13.2. The highest BCUT2D eigenvalue weighted by atomic mass is 35.5. The minimum Gasteiger partial charge on any atom is -0.458 e. The Labute approximate surface area is 166 Å². The van der Waals surface area contributed by atoms with Crippen LogP contribution in [0.25, 0.3) is 0 Å². The van der Waals surface area contributed by atoms with Gasteiger partial charge in [0.25, 0.3) is 0 Å². The summed E-state index contributed by atoms with van der Waals surface area (Å²) in [6.07, 6.45) is 3.96. The zero-order chi connectivity index (χ0) is 18.1. The van der Waals surface area contributed by atoms with Crippen LogP contribution in [-0.4, -0.2) is 41.2 Å². The molecule has 27 heavy (non-hydrogen) atoms. The van der Waals surface area contributed by atoms with E-state index in [0.717, 1.165) is 25.7 Å². The Hall–Kier alpha value is -1.88. The van der Waals surface area contributed by atoms with Crippen LogP contribution in [0.4, 0.5) is 0 Å². The Morgan fingerprint density at radius 3 is 2.04 bits per heavy atom. The quantitative estimate of drug-likeness (QED) is 0.815. The van der Waals surface area contributed by atoms with E-state index in [-0.39, 0.29) is 24.6 Å². The molecule has 0 saturated carbocycles. The van der Waals surface area contributed by atoms with Gasteiger partial charge in [-0.3, -0.25) is 4.90 Å². The molecule has 0 unspecified atom stereocenters. The molecule has 0 spiro atoms. The molecular formula is C22H26ClNO3. The number of ether oxygens (including phenoxy) is 1. The number of likely N-dealkylation sites (N-methyl/N-ethyl adjacent to an activating group) is 1. The van der Waals surface area contributed by atoms with Crippen LogP contribution < -0.4 is 0 Å². The molecule has 4 rings (SSSR count). The fourth-order valence-corrected chi connectivity index (χ4v) is 4.51. The van der Waals surface area contributed by atoms with Gasteiger partial charge >= 0.3 is 5.97 Å². The monoisotopic (exact) mass is 387 g/mol. The maximum Gasteiger partial charge on any atom is 0.348 e. The SMILES string of the molecule is CN1[C@@H]2CC[C@@H]1[C@H](OC(=O)C(O)(c1ccccc1)c1ccccc1)CC2.Cl. The molecule has 3 atom stereocenters. The number of hydrogen-bond donors (Lipinski definition) is 1. The van der Waals surface area contributed by atoms with Crippen molar-refractivity contribution in [2.75, 3.05) is 7.05 Å². The lowest BCUT2D eigenvalue weighted by Gasteiger charge is -2.38. The van der Waals surface area contributed by atoms with E-state index in [9.17, 15) is 9.90 Å². The highest BCUT2D eigenvalue weighted by Gasteiger charge is 2.47. The van der Waals surface area contributed by atoms with E-state index >= 15 is 0 Å². The molecule has 2 bridgehead atoms. The summed E-state index contributed by atoms with van der Waals surface area (Å²) in [7, 11) is 2.11. The van der Waals surface area contributed by atoms with Crippen molar-refractivity contribution in [3.8, 4) is 0 Å². The summed E-state index contributed by atoms with van der Waals surface area (Å²) >= 11 is 0. The van der Waals surface area contributed by atoms with E-state index in [4.69, 9.17) is 4.74 Å². The number of rotatable bonds is 4. The normalized spacial score (nSPS) is 24.9. The van der Waals surface area contributed by atoms with E-state index in [1.165, 1.54) is 0 Å². The third kappa shape index (κ3) is 3.49. The first kappa shape index (κ1) is 19.9. The number of esters is 1. The number of nitrogens with zero attached hydrogens (tertiary/aromatic N) is 1. The maximum absolute atomic E-state index is 13.2. The highest BCUT2D eigenvalue weighted by Crippen LogP contribution is 2.38. The van der Waals surface area contributed by atoms with Crippen LogP contribution in [0.5, 0.6) is 0 Å². The van der Waals surface area contributed by atoms with Crippen molar-refractivity contribution in [1.29, 1.82) is 0 Å². The van der Waals surface area contributed by atoms with Crippen molar-refractivity contribution in [2.45, 2.75) is 49.5 Å². The topological polar surface area (TPSA) is 49.8 Å². The summed E-state index contributed by atoms with van der Waals surface area (Å²) in [6, 6.07) is 19.0. The summed E-state index contributed by atoms with van der Waals surface area (Å²) in [6.45, 7) is 0. The Morgan fingerprint density at radius 1 is 0.963 bits per heavy atom. The van der Waals surface area contributed by atoms with Crippen molar-refractivity contribution in [3.05, 3.63) is 71.8 Å². The fraction of sp³-hybridized carbons (Fsp3) is 0.409. The Balaban J connectivity index is 0.00000210. The number of halogens is 1. The van der Waals surface area contributed by atoms with Crippen LogP contribution in [0.3, 0.4) is 0 Å². The molecule has 144 valence electrons. The lowest BCUT2D eigenvalue weighted by Crippen LogP contribution is -2.49. The van der Waals surface area contributed by atoms with E-state index in [2.05, 4.69) is 11.9 Å². The molecule has 4 nitrogen and oxygen atoms in total. The smallest absolute Gasteiger partial charge is 0.348 e. The molecule has 2 fully saturated rings. The minimum absolute atomic E-state index is 0. The summed E-state index contributed by atoms with van der Waals surface area (Å²) in [5.74, 6) is -0.585. The molecular weight excluding hydrogens is 362 g/mol. The minimum atomic E-state index is -1.80. The highest BCUT2D eigenvalue weighted by molar-refractivity contribution is 5.86. The fourth-order valence-electron chi connectivity index (χ4n) is 4.51. The van der Waals surface area contributed by atoms with Gasteiger partial charge in [-0.2, -0.15) is 0 Å². The molecule has 0 amide bonds. The van der Waals surface area contributed by atoms with Crippen molar-refractivity contribution in [3.63, 3.8) is 0 Å². The molecule has 0 aromatic heterocycles. The molecule has 2 aromatic rings. The first-order valence-corrected chi connectivity index (χ1v) is 9.37. The van der Waals surface area contributed by atoms with Crippen molar-refractivity contribution in [2.24, 2.45) is 0 Å². The van der Waals surface area contributed by atoms with Gasteiger partial charge in [0.1, 0.15) is 6.10 Å². The van der Waals surface area contributed by atoms with Crippen molar-refractivity contribution >= 4 is 18.4 Å². The van der Waals surface area contributed by atoms with Crippen LogP contribution in [0.2, 0.25) is 0 Å². The average Bonchev–Trinajstić information content (AvgIpc) is 2.92. The van der Waals surface area contributed by atoms with Crippen LogP contribution in [-0.2, 0) is 15.1 Å². The molecule has 0 aliphatic carbocycles. The summed E-state index contributed by atoms with van der Waals surface area (Å²) in [5, 5.41) is 11.5. The number of aliphatic hydroxyl groups is 1. The molecule has 2 heterocycles. The molecule has 2 saturated heterocycles. The summed E-state index contributed by atoms with van der Waals surface area (Å²) in [5.41, 5.74) is -0.731. The number of piperidine rings is 1. The largest absolute Gasteiger partial charge is 0.458 e. The van der Waals surface area contributed by atoms with Gasteiger partial charge in [-0.25, -0.2) is 4.79 Å². The van der Waals surface area contributed by atoms with Gasteiger partial charge in [-0.1, -0.05) is 60.7 Å². The Morgan fingerprint density at radius 2 is 1.48 bits per heavy atom. The van der Waals surface area contributed by atoms with Crippen LogP contribution in [0, 0.1) is 0 Å². The average molecular weight is 388 g/mol. The molecule has 5 heteroatoms. The predicted molar refractivity (Wildman–Crippen MR) is 107 cm³/mol. The standard InChI is InChI=1S/C22H25NO3.ClH/c1-23-18-12-14-19(23)20(15-13-18)26-21(24)22(25,16-8-4-2-5-9-16)17-10-6-3-7-11-17;/h2-11,18-20,25H,12-15H2,1H3;1H/t18-,19-,20-;/m1./s1. The van der Waals surface area contributed by atoms with Gasteiger partial charge in [-0.05, 0) is 43.9 Å². The summed E-state index contributed by atoms with van der Waals surface area (Å²) < 4.78 is 5.94. The van der Waals surface area contributed by atoms with Crippen molar-refractivity contribution < 1.29 is 14.6 Å². The first-order chi connectivity index (χ1) is 12.6. The number of carbonyl (C=O) groups excluding carboxylic acids is 1. The Bertz CT molecular complexity index is 728. The van der Waals surface area contributed by atoms with Crippen molar-refractivity contribution in [1.82, 2.24) is 4.90 Å². The van der Waals surface area contributed by atoms with E-state index in [1.807, 2.05) is 36.4 Å². The number of benzene rings is 2.